The van der Waals surface area contributed by atoms with E-state index in [1.165, 1.54) is 0 Å². The zero-order valence-corrected chi connectivity index (χ0v) is 11.5. The van der Waals surface area contributed by atoms with Crippen LogP contribution in [0.5, 0.6) is 6.01 Å². The number of nitrogens with two attached hydrogens (primary N) is 1. The fourth-order valence-electron chi connectivity index (χ4n) is 1.92. The van der Waals surface area contributed by atoms with E-state index in [-0.39, 0.29) is 12.0 Å². The van der Waals surface area contributed by atoms with Gasteiger partial charge in [-0.05, 0) is 28.8 Å². The lowest BCUT2D eigenvalue weighted by Gasteiger charge is -2.30. The zero-order valence-electron chi connectivity index (χ0n) is 9.88. The van der Waals surface area contributed by atoms with E-state index in [1.54, 1.807) is 12.4 Å². The SMILES string of the molecule is NC(=O)CN1CCC(Oc2ncc(Br)cn2)CC1. The average Bonchev–Trinajstić information content (AvgIpc) is 2.34. The third kappa shape index (κ3) is 3.92. The number of nitrogens with zero attached hydrogens (tertiary/aromatic N) is 3. The van der Waals surface area contributed by atoms with Crippen molar-refractivity contribution in [3.63, 3.8) is 0 Å². The molecule has 7 heteroatoms. The van der Waals surface area contributed by atoms with Crippen LogP contribution in [0.15, 0.2) is 16.9 Å². The molecule has 1 aliphatic heterocycles. The van der Waals surface area contributed by atoms with Crippen LogP contribution in [0.2, 0.25) is 0 Å². The number of halogens is 1. The quantitative estimate of drug-likeness (QED) is 0.878. The first-order chi connectivity index (χ1) is 8.63. The molecule has 0 spiro atoms. The minimum Gasteiger partial charge on any atom is -0.460 e. The van der Waals surface area contributed by atoms with Crippen molar-refractivity contribution in [2.75, 3.05) is 19.6 Å². The summed E-state index contributed by atoms with van der Waals surface area (Å²) in [7, 11) is 0. The topological polar surface area (TPSA) is 81.3 Å². The molecule has 0 saturated carbocycles. The normalized spacial score (nSPS) is 17.6. The number of carbonyl (C=O) groups is 1. The van der Waals surface area contributed by atoms with E-state index in [1.807, 2.05) is 4.90 Å². The van der Waals surface area contributed by atoms with Gasteiger partial charge in [-0.2, -0.15) is 0 Å². The molecular weight excluding hydrogens is 300 g/mol. The first kappa shape index (κ1) is 13.2. The molecule has 1 aromatic rings. The van der Waals surface area contributed by atoms with Crippen LogP contribution in [0.4, 0.5) is 0 Å². The summed E-state index contributed by atoms with van der Waals surface area (Å²) in [5.74, 6) is -0.286. The third-order valence-corrected chi connectivity index (χ3v) is 3.19. The number of amides is 1. The van der Waals surface area contributed by atoms with Gasteiger partial charge in [-0.3, -0.25) is 9.69 Å². The molecule has 0 radical (unpaired) electrons. The van der Waals surface area contributed by atoms with E-state index in [2.05, 4.69) is 25.9 Å². The first-order valence-corrected chi connectivity index (χ1v) is 6.57. The van der Waals surface area contributed by atoms with Crippen molar-refractivity contribution in [1.29, 1.82) is 0 Å². The lowest BCUT2D eigenvalue weighted by molar-refractivity contribution is -0.119. The van der Waals surface area contributed by atoms with Crippen LogP contribution in [-0.4, -0.2) is 46.5 Å². The number of hydrogen-bond acceptors (Lipinski definition) is 5. The summed E-state index contributed by atoms with van der Waals surface area (Å²) >= 11 is 3.27. The van der Waals surface area contributed by atoms with Gasteiger partial charge < -0.3 is 10.5 Å². The minimum atomic E-state index is -0.286. The van der Waals surface area contributed by atoms with Gasteiger partial charge in [-0.1, -0.05) is 0 Å². The van der Waals surface area contributed by atoms with Crippen LogP contribution < -0.4 is 10.5 Å². The Balaban J connectivity index is 1.79. The fraction of sp³-hybridized carbons (Fsp3) is 0.545. The predicted molar refractivity (Wildman–Crippen MR) is 69.0 cm³/mol. The molecule has 0 atom stereocenters. The van der Waals surface area contributed by atoms with E-state index in [0.29, 0.717) is 12.6 Å². The van der Waals surface area contributed by atoms with Crippen molar-refractivity contribution in [1.82, 2.24) is 14.9 Å². The number of piperidine rings is 1. The number of carbonyl (C=O) groups excluding carboxylic acids is 1. The second-order valence-electron chi connectivity index (χ2n) is 4.24. The predicted octanol–water partition coefficient (Wildman–Crippen LogP) is 0.568. The van der Waals surface area contributed by atoms with Gasteiger partial charge in [-0.15, -0.1) is 0 Å². The maximum Gasteiger partial charge on any atom is 0.316 e. The van der Waals surface area contributed by atoms with Gasteiger partial charge in [0.1, 0.15) is 6.10 Å². The monoisotopic (exact) mass is 314 g/mol. The zero-order chi connectivity index (χ0) is 13.0. The molecule has 0 unspecified atom stereocenters. The van der Waals surface area contributed by atoms with Gasteiger partial charge in [0.2, 0.25) is 5.91 Å². The number of hydrogen-bond donors (Lipinski definition) is 1. The molecule has 98 valence electrons. The molecule has 1 aliphatic rings. The summed E-state index contributed by atoms with van der Waals surface area (Å²) in [6.07, 6.45) is 5.13. The Morgan fingerprint density at radius 2 is 2.06 bits per heavy atom. The summed E-state index contributed by atoms with van der Waals surface area (Å²) in [4.78, 5) is 21.0. The summed E-state index contributed by atoms with van der Waals surface area (Å²) in [6.45, 7) is 1.94. The molecule has 2 N–H and O–H groups in total. The summed E-state index contributed by atoms with van der Waals surface area (Å²) in [5, 5.41) is 0. The third-order valence-electron chi connectivity index (χ3n) is 2.78. The van der Waals surface area contributed by atoms with Crippen LogP contribution in [0.3, 0.4) is 0 Å². The van der Waals surface area contributed by atoms with Gasteiger partial charge >= 0.3 is 6.01 Å². The molecule has 2 heterocycles. The molecule has 1 aromatic heterocycles. The second kappa shape index (κ2) is 6.10. The Bertz CT molecular complexity index is 404. The van der Waals surface area contributed by atoms with Crippen LogP contribution in [-0.2, 0) is 4.79 Å². The number of rotatable bonds is 4. The van der Waals surface area contributed by atoms with Crippen molar-refractivity contribution < 1.29 is 9.53 Å². The lowest BCUT2D eigenvalue weighted by atomic mass is 10.1. The van der Waals surface area contributed by atoms with Crippen molar-refractivity contribution in [3.8, 4) is 6.01 Å². The fourth-order valence-corrected chi connectivity index (χ4v) is 2.12. The van der Waals surface area contributed by atoms with Crippen molar-refractivity contribution in [2.24, 2.45) is 5.73 Å². The van der Waals surface area contributed by atoms with E-state index in [9.17, 15) is 4.79 Å². The highest BCUT2D eigenvalue weighted by atomic mass is 79.9. The number of ether oxygens (including phenoxy) is 1. The maximum atomic E-state index is 10.8. The number of primary amides is 1. The van der Waals surface area contributed by atoms with Gasteiger partial charge in [0.05, 0.1) is 11.0 Å². The molecule has 1 amide bonds. The molecule has 1 saturated heterocycles. The Morgan fingerprint density at radius 1 is 1.44 bits per heavy atom. The van der Waals surface area contributed by atoms with Crippen LogP contribution >= 0.6 is 15.9 Å². The molecule has 0 aliphatic carbocycles. The summed E-state index contributed by atoms with van der Waals surface area (Å²) < 4.78 is 6.50. The van der Waals surface area contributed by atoms with Crippen molar-refractivity contribution in [2.45, 2.75) is 18.9 Å². The molecule has 6 nitrogen and oxygen atoms in total. The number of aromatic nitrogens is 2. The van der Waals surface area contributed by atoms with Gasteiger partial charge in [0.15, 0.2) is 0 Å². The van der Waals surface area contributed by atoms with Crippen LogP contribution in [0.1, 0.15) is 12.8 Å². The molecule has 0 bridgehead atoms. The van der Waals surface area contributed by atoms with Gasteiger partial charge in [0, 0.05) is 25.5 Å². The first-order valence-electron chi connectivity index (χ1n) is 5.78. The van der Waals surface area contributed by atoms with Gasteiger partial charge in [0.25, 0.3) is 0 Å². The average molecular weight is 315 g/mol. The molecule has 18 heavy (non-hydrogen) atoms. The summed E-state index contributed by atoms with van der Waals surface area (Å²) in [5.41, 5.74) is 5.16. The smallest absolute Gasteiger partial charge is 0.316 e. The Labute approximate surface area is 114 Å². The summed E-state index contributed by atoms with van der Waals surface area (Å²) in [6, 6.07) is 0.395. The Kier molecular flexibility index (Phi) is 4.48. The number of likely N-dealkylation sites (tertiary alicyclic amines) is 1. The largest absolute Gasteiger partial charge is 0.460 e. The molecule has 1 fully saturated rings. The van der Waals surface area contributed by atoms with Crippen molar-refractivity contribution in [3.05, 3.63) is 16.9 Å². The Hall–Kier alpha value is -1.21. The van der Waals surface area contributed by atoms with E-state index in [0.717, 1.165) is 30.4 Å². The Morgan fingerprint density at radius 3 is 2.61 bits per heavy atom. The lowest BCUT2D eigenvalue weighted by Crippen LogP contribution is -2.42. The standard InChI is InChI=1S/C11H15BrN4O2/c12-8-5-14-11(15-6-8)18-9-1-3-16(4-2-9)7-10(13)17/h5-6,9H,1-4,7H2,(H2,13,17). The molecular formula is C11H15BrN4O2. The highest BCUT2D eigenvalue weighted by Crippen LogP contribution is 2.16. The molecule has 0 aromatic carbocycles. The van der Waals surface area contributed by atoms with Gasteiger partial charge in [-0.25, -0.2) is 9.97 Å². The highest BCUT2D eigenvalue weighted by Gasteiger charge is 2.21. The minimum absolute atomic E-state index is 0.107. The van der Waals surface area contributed by atoms with Crippen LogP contribution in [0.25, 0.3) is 0 Å². The van der Waals surface area contributed by atoms with E-state index in [4.69, 9.17) is 10.5 Å². The van der Waals surface area contributed by atoms with Crippen molar-refractivity contribution >= 4 is 21.8 Å². The second-order valence-corrected chi connectivity index (χ2v) is 5.16. The maximum absolute atomic E-state index is 10.8. The molecule has 2 rings (SSSR count). The van der Waals surface area contributed by atoms with Crippen LogP contribution in [0, 0.1) is 0 Å². The van der Waals surface area contributed by atoms with E-state index < -0.39 is 0 Å². The highest BCUT2D eigenvalue weighted by molar-refractivity contribution is 9.10. The van der Waals surface area contributed by atoms with E-state index >= 15 is 0 Å².